The van der Waals surface area contributed by atoms with Crippen LogP contribution in [0.3, 0.4) is 0 Å². The highest BCUT2D eigenvalue weighted by Gasteiger charge is 2.35. The smallest absolute Gasteiger partial charge is 0.352 e. The number of benzene rings is 1. The molecule has 3 aromatic rings. The number of piperidine rings is 1. The summed E-state index contributed by atoms with van der Waals surface area (Å²) in [6.45, 7) is 4.41. The van der Waals surface area contributed by atoms with Gasteiger partial charge in [-0.1, -0.05) is 6.92 Å². The number of nitrogens with zero attached hydrogens (tertiary/aromatic N) is 5. The lowest BCUT2D eigenvalue weighted by Crippen LogP contribution is -2.51. The largest absolute Gasteiger partial charge is 0.419 e. The third-order valence-corrected chi connectivity index (χ3v) is 6.15. The van der Waals surface area contributed by atoms with Crippen LogP contribution in [0.4, 0.5) is 23.5 Å². The Morgan fingerprint density at radius 3 is 2.49 bits per heavy atom. The molecule has 4 rings (SSSR count). The summed E-state index contributed by atoms with van der Waals surface area (Å²) in [6.07, 6.45) is 1.63. The van der Waals surface area contributed by atoms with E-state index in [2.05, 4.69) is 25.3 Å². The maximum absolute atomic E-state index is 14.3. The van der Waals surface area contributed by atoms with E-state index in [1.54, 1.807) is 17.9 Å². The summed E-state index contributed by atoms with van der Waals surface area (Å²) in [6, 6.07) is 3.91. The normalized spacial score (nSPS) is 18.4. The summed E-state index contributed by atoms with van der Waals surface area (Å²) >= 11 is 0. The van der Waals surface area contributed by atoms with Gasteiger partial charge >= 0.3 is 6.18 Å². The fourth-order valence-corrected chi connectivity index (χ4v) is 4.36. The van der Waals surface area contributed by atoms with Crippen LogP contribution in [0.1, 0.15) is 41.3 Å². The summed E-state index contributed by atoms with van der Waals surface area (Å²) < 4.78 is 52.6. The maximum atomic E-state index is 14.3. The summed E-state index contributed by atoms with van der Waals surface area (Å²) in [5.41, 5.74) is 0.161. The first-order valence-electron chi connectivity index (χ1n) is 11.2. The molecule has 1 unspecified atom stereocenters. The van der Waals surface area contributed by atoms with Gasteiger partial charge in [0.15, 0.2) is 5.82 Å². The molecule has 1 amide bonds. The lowest BCUT2D eigenvalue weighted by Gasteiger charge is -2.40. The number of hydrogen-bond acceptors (Lipinski definition) is 6. The quantitative estimate of drug-likeness (QED) is 0.522. The summed E-state index contributed by atoms with van der Waals surface area (Å²) in [4.78, 5) is 31.4. The van der Waals surface area contributed by atoms with Gasteiger partial charge in [0.2, 0.25) is 5.95 Å². The molecule has 2 atom stereocenters. The van der Waals surface area contributed by atoms with E-state index in [4.69, 9.17) is 0 Å². The van der Waals surface area contributed by atoms with E-state index in [0.29, 0.717) is 23.2 Å². The SMILES string of the molecule is Cc1cc(F)cc(-c2ncccn2)c1C(=O)N1CCC[C@@H](C)C1CNc1ncc(C(F)(F)F)cn1. The van der Waals surface area contributed by atoms with Crippen molar-refractivity contribution in [2.24, 2.45) is 5.92 Å². The van der Waals surface area contributed by atoms with Crippen LogP contribution in [-0.2, 0) is 6.18 Å². The number of rotatable bonds is 5. The predicted molar refractivity (Wildman–Crippen MR) is 121 cm³/mol. The van der Waals surface area contributed by atoms with Gasteiger partial charge in [-0.25, -0.2) is 24.3 Å². The van der Waals surface area contributed by atoms with Gasteiger partial charge in [-0.3, -0.25) is 4.79 Å². The molecular formula is C24H24F4N6O. The molecule has 1 aromatic carbocycles. The Hall–Kier alpha value is -3.63. The molecule has 0 saturated carbocycles. The molecule has 0 spiro atoms. The first-order chi connectivity index (χ1) is 16.6. The minimum Gasteiger partial charge on any atom is -0.352 e. The maximum Gasteiger partial charge on any atom is 0.419 e. The van der Waals surface area contributed by atoms with Crippen LogP contribution in [0.5, 0.6) is 0 Å². The molecule has 1 saturated heterocycles. The van der Waals surface area contributed by atoms with Crippen molar-refractivity contribution in [3.05, 3.63) is 65.5 Å². The number of carbonyl (C=O) groups excluding carboxylic acids is 1. The van der Waals surface area contributed by atoms with Crippen molar-refractivity contribution >= 4 is 11.9 Å². The third-order valence-electron chi connectivity index (χ3n) is 6.15. The third kappa shape index (κ3) is 5.39. The van der Waals surface area contributed by atoms with Crippen molar-refractivity contribution in [1.82, 2.24) is 24.8 Å². The number of aryl methyl sites for hydroxylation is 1. The van der Waals surface area contributed by atoms with E-state index in [9.17, 15) is 22.4 Å². The van der Waals surface area contributed by atoms with E-state index in [1.165, 1.54) is 24.5 Å². The summed E-state index contributed by atoms with van der Waals surface area (Å²) in [5, 5.41) is 2.96. The van der Waals surface area contributed by atoms with Gasteiger partial charge in [-0.15, -0.1) is 0 Å². The highest BCUT2D eigenvalue weighted by atomic mass is 19.4. The van der Waals surface area contributed by atoms with Crippen molar-refractivity contribution < 1.29 is 22.4 Å². The second-order valence-corrected chi connectivity index (χ2v) is 8.58. The van der Waals surface area contributed by atoms with E-state index in [1.807, 2.05) is 6.92 Å². The Kier molecular flexibility index (Phi) is 6.95. The fraction of sp³-hybridized carbons (Fsp3) is 0.375. The van der Waals surface area contributed by atoms with Gasteiger partial charge in [0.05, 0.1) is 17.2 Å². The molecule has 3 heterocycles. The molecule has 0 radical (unpaired) electrons. The number of hydrogen-bond donors (Lipinski definition) is 1. The monoisotopic (exact) mass is 488 g/mol. The van der Waals surface area contributed by atoms with Crippen LogP contribution in [0, 0.1) is 18.7 Å². The number of anilines is 1. The fourth-order valence-electron chi connectivity index (χ4n) is 4.36. The minimum atomic E-state index is -4.52. The molecular weight excluding hydrogens is 464 g/mol. The van der Waals surface area contributed by atoms with Crippen LogP contribution in [-0.4, -0.2) is 49.9 Å². The summed E-state index contributed by atoms with van der Waals surface area (Å²) in [5.74, 6) is -0.384. The van der Waals surface area contributed by atoms with Crippen LogP contribution in [0.15, 0.2) is 43.0 Å². The molecule has 1 N–H and O–H groups in total. The van der Waals surface area contributed by atoms with Gasteiger partial charge in [0, 0.05) is 43.4 Å². The molecule has 1 fully saturated rings. The van der Waals surface area contributed by atoms with Gasteiger partial charge in [-0.05, 0) is 49.4 Å². The van der Waals surface area contributed by atoms with Crippen molar-refractivity contribution in [2.75, 3.05) is 18.4 Å². The number of nitrogens with one attached hydrogen (secondary N) is 1. The van der Waals surface area contributed by atoms with Crippen LogP contribution >= 0.6 is 0 Å². The number of aromatic nitrogens is 4. The first-order valence-corrected chi connectivity index (χ1v) is 11.2. The number of likely N-dealkylation sites (tertiary alicyclic amines) is 1. The lowest BCUT2D eigenvalue weighted by molar-refractivity contribution is -0.138. The van der Waals surface area contributed by atoms with Gasteiger partial charge < -0.3 is 10.2 Å². The molecule has 2 aromatic heterocycles. The highest BCUT2D eigenvalue weighted by Crippen LogP contribution is 2.31. The zero-order chi connectivity index (χ0) is 25.2. The number of alkyl halides is 3. The molecule has 184 valence electrons. The second kappa shape index (κ2) is 9.93. The van der Waals surface area contributed by atoms with Crippen molar-refractivity contribution in [1.29, 1.82) is 0 Å². The van der Waals surface area contributed by atoms with E-state index in [-0.39, 0.29) is 36.2 Å². The van der Waals surface area contributed by atoms with E-state index < -0.39 is 17.6 Å². The van der Waals surface area contributed by atoms with Crippen LogP contribution in [0.2, 0.25) is 0 Å². The minimum absolute atomic E-state index is 0.0412. The Labute approximate surface area is 199 Å². The summed E-state index contributed by atoms with van der Waals surface area (Å²) in [7, 11) is 0. The van der Waals surface area contributed by atoms with Crippen molar-refractivity contribution in [3.8, 4) is 11.4 Å². The molecule has 11 heteroatoms. The van der Waals surface area contributed by atoms with E-state index >= 15 is 0 Å². The Morgan fingerprint density at radius 2 is 1.83 bits per heavy atom. The molecule has 35 heavy (non-hydrogen) atoms. The molecule has 7 nitrogen and oxygen atoms in total. The molecule has 1 aliphatic rings. The second-order valence-electron chi connectivity index (χ2n) is 8.58. The topological polar surface area (TPSA) is 83.9 Å². The number of halogens is 4. The van der Waals surface area contributed by atoms with Crippen LogP contribution < -0.4 is 5.32 Å². The lowest BCUT2D eigenvalue weighted by atomic mass is 9.89. The zero-order valence-corrected chi connectivity index (χ0v) is 19.2. The van der Waals surface area contributed by atoms with Gasteiger partial charge in [0.25, 0.3) is 5.91 Å². The average Bonchev–Trinajstić information content (AvgIpc) is 2.82. The Morgan fingerprint density at radius 1 is 1.14 bits per heavy atom. The van der Waals surface area contributed by atoms with E-state index in [0.717, 1.165) is 25.2 Å². The van der Waals surface area contributed by atoms with Gasteiger partial charge in [-0.2, -0.15) is 13.2 Å². The number of carbonyl (C=O) groups is 1. The standard InChI is InChI=1S/C24H24F4N6O/c1-14-5-3-8-34(19(14)13-33-23-31-11-16(12-32-23)24(26,27)28)22(35)20-15(2)9-17(25)10-18(20)21-29-6-4-7-30-21/h4,6-7,9-12,14,19H,3,5,8,13H2,1-2H3,(H,31,32,33)/t14-,19?/m1/s1. The average molecular weight is 488 g/mol. The van der Waals surface area contributed by atoms with Crippen molar-refractivity contribution in [3.63, 3.8) is 0 Å². The first kappa shape index (κ1) is 24.5. The highest BCUT2D eigenvalue weighted by molar-refractivity contribution is 6.01. The molecule has 1 aliphatic heterocycles. The Balaban J connectivity index is 1.60. The van der Waals surface area contributed by atoms with Gasteiger partial charge in [0.1, 0.15) is 5.82 Å². The Bertz CT molecular complexity index is 1190. The van der Waals surface area contributed by atoms with Crippen molar-refractivity contribution in [2.45, 2.75) is 38.9 Å². The molecule has 0 bridgehead atoms. The number of amides is 1. The van der Waals surface area contributed by atoms with Crippen LogP contribution in [0.25, 0.3) is 11.4 Å². The zero-order valence-electron chi connectivity index (χ0n) is 19.2. The molecule has 0 aliphatic carbocycles. The predicted octanol–water partition coefficient (Wildman–Crippen LogP) is 4.75.